The van der Waals surface area contributed by atoms with E-state index in [1.807, 2.05) is 18.5 Å². The molecule has 7 heteroatoms. The molecule has 1 amide bonds. The predicted molar refractivity (Wildman–Crippen MR) is 87.7 cm³/mol. The molecule has 1 atom stereocenters. The highest BCUT2D eigenvalue weighted by Crippen LogP contribution is 2.19. The standard InChI is InChI=1S/C16H21N3O3S/c1-11-13(19-8-10-23-16(19)18-11)15(21)22-9-3-2-5-12-6-4-7-17-14(12)20/h8,10,12H,2-7,9H2,1H3,(H,17,20)/t12-/m0/s1. The number of carbonyl (C=O) groups excluding carboxylic acids is 2. The molecule has 0 unspecified atom stereocenters. The van der Waals surface area contributed by atoms with E-state index in [-0.39, 0.29) is 17.8 Å². The number of imidazole rings is 1. The number of nitrogens with one attached hydrogen (secondary N) is 1. The summed E-state index contributed by atoms with van der Waals surface area (Å²) in [4.78, 5) is 29.0. The lowest BCUT2D eigenvalue weighted by Crippen LogP contribution is -2.36. The van der Waals surface area contributed by atoms with E-state index in [9.17, 15) is 9.59 Å². The first-order chi connectivity index (χ1) is 11.2. The summed E-state index contributed by atoms with van der Waals surface area (Å²) in [6.07, 6.45) is 6.40. The van der Waals surface area contributed by atoms with Gasteiger partial charge in [0.2, 0.25) is 5.91 Å². The van der Waals surface area contributed by atoms with Gasteiger partial charge in [0, 0.05) is 24.0 Å². The molecule has 3 rings (SSSR count). The third-order valence-electron chi connectivity index (χ3n) is 4.21. The molecule has 23 heavy (non-hydrogen) atoms. The number of esters is 1. The highest BCUT2D eigenvalue weighted by atomic mass is 32.1. The van der Waals surface area contributed by atoms with E-state index in [1.54, 1.807) is 4.40 Å². The van der Waals surface area contributed by atoms with E-state index >= 15 is 0 Å². The van der Waals surface area contributed by atoms with Gasteiger partial charge in [-0.15, -0.1) is 11.3 Å². The second-order valence-electron chi connectivity index (χ2n) is 5.86. The van der Waals surface area contributed by atoms with E-state index in [0.29, 0.717) is 18.0 Å². The molecular formula is C16H21N3O3S. The van der Waals surface area contributed by atoms with Gasteiger partial charge in [-0.2, -0.15) is 0 Å². The number of carbonyl (C=O) groups is 2. The number of fused-ring (bicyclic) bond motifs is 1. The van der Waals surface area contributed by atoms with Crippen LogP contribution in [0, 0.1) is 12.8 Å². The Morgan fingerprint density at radius 3 is 3.22 bits per heavy atom. The summed E-state index contributed by atoms with van der Waals surface area (Å²) in [5.74, 6) is -0.0336. The van der Waals surface area contributed by atoms with Gasteiger partial charge in [0.1, 0.15) is 0 Å². The first-order valence-electron chi connectivity index (χ1n) is 8.04. The lowest BCUT2D eigenvalue weighted by Gasteiger charge is -2.21. The number of aromatic nitrogens is 2. The minimum Gasteiger partial charge on any atom is -0.461 e. The maximum Gasteiger partial charge on any atom is 0.357 e. The number of unbranched alkanes of at least 4 members (excludes halogenated alkanes) is 1. The average molecular weight is 335 g/mol. The Labute approximate surface area is 138 Å². The zero-order valence-corrected chi connectivity index (χ0v) is 14.0. The minimum absolute atomic E-state index is 0.127. The Morgan fingerprint density at radius 2 is 2.39 bits per heavy atom. The molecule has 0 aromatic carbocycles. The lowest BCUT2D eigenvalue weighted by atomic mass is 9.93. The van der Waals surface area contributed by atoms with Gasteiger partial charge in [0.15, 0.2) is 10.7 Å². The number of piperidine rings is 1. The van der Waals surface area contributed by atoms with Crippen LogP contribution in [-0.2, 0) is 9.53 Å². The second-order valence-corrected chi connectivity index (χ2v) is 6.74. The molecule has 1 N–H and O–H groups in total. The zero-order chi connectivity index (χ0) is 16.2. The summed E-state index contributed by atoms with van der Waals surface area (Å²) in [5.41, 5.74) is 1.20. The molecule has 2 aromatic heterocycles. The quantitative estimate of drug-likeness (QED) is 0.650. The fourth-order valence-electron chi connectivity index (χ4n) is 2.98. The number of rotatable bonds is 6. The van der Waals surface area contributed by atoms with Gasteiger partial charge in [0.25, 0.3) is 0 Å². The van der Waals surface area contributed by atoms with Gasteiger partial charge >= 0.3 is 5.97 Å². The third kappa shape index (κ3) is 3.55. The Balaban J connectivity index is 1.44. The Morgan fingerprint density at radius 1 is 1.52 bits per heavy atom. The van der Waals surface area contributed by atoms with Crippen LogP contribution in [0.25, 0.3) is 4.96 Å². The van der Waals surface area contributed by atoms with Gasteiger partial charge < -0.3 is 10.1 Å². The first kappa shape index (κ1) is 16.0. The molecule has 0 spiro atoms. The lowest BCUT2D eigenvalue weighted by molar-refractivity contribution is -0.126. The molecule has 0 radical (unpaired) electrons. The molecule has 0 bridgehead atoms. The summed E-state index contributed by atoms with van der Waals surface area (Å²) in [5, 5.41) is 4.79. The van der Waals surface area contributed by atoms with E-state index in [4.69, 9.17) is 4.74 Å². The van der Waals surface area contributed by atoms with Crippen molar-refractivity contribution in [2.45, 2.75) is 39.0 Å². The van der Waals surface area contributed by atoms with E-state index in [2.05, 4.69) is 10.3 Å². The summed E-state index contributed by atoms with van der Waals surface area (Å²) in [7, 11) is 0. The summed E-state index contributed by atoms with van der Waals surface area (Å²) >= 11 is 1.49. The van der Waals surface area contributed by atoms with Crippen LogP contribution in [0.5, 0.6) is 0 Å². The SMILES string of the molecule is Cc1nc2sccn2c1C(=O)OCCCC[C@H]1CCCNC1=O. The first-order valence-corrected chi connectivity index (χ1v) is 8.92. The normalized spacial score (nSPS) is 18.1. The van der Waals surface area contributed by atoms with Crippen LogP contribution >= 0.6 is 11.3 Å². The number of aryl methyl sites for hydroxylation is 1. The van der Waals surface area contributed by atoms with Crippen molar-refractivity contribution in [3.05, 3.63) is 23.0 Å². The van der Waals surface area contributed by atoms with E-state index < -0.39 is 0 Å². The molecule has 6 nitrogen and oxygen atoms in total. The van der Waals surface area contributed by atoms with Crippen molar-refractivity contribution in [3.63, 3.8) is 0 Å². The molecular weight excluding hydrogens is 314 g/mol. The van der Waals surface area contributed by atoms with Crippen molar-refractivity contribution in [1.82, 2.24) is 14.7 Å². The number of nitrogens with zero attached hydrogens (tertiary/aromatic N) is 2. The largest absolute Gasteiger partial charge is 0.461 e. The van der Waals surface area contributed by atoms with Gasteiger partial charge in [-0.3, -0.25) is 9.20 Å². The van der Waals surface area contributed by atoms with E-state index in [0.717, 1.165) is 43.6 Å². The molecule has 1 aliphatic heterocycles. The molecule has 0 aliphatic carbocycles. The molecule has 1 aliphatic rings. The molecule has 1 fully saturated rings. The van der Waals surface area contributed by atoms with Gasteiger partial charge in [-0.05, 0) is 39.0 Å². The van der Waals surface area contributed by atoms with Gasteiger partial charge in [0.05, 0.1) is 12.3 Å². The number of hydrogen-bond donors (Lipinski definition) is 1. The van der Waals surface area contributed by atoms with Crippen LogP contribution < -0.4 is 5.32 Å². The minimum atomic E-state index is -0.330. The summed E-state index contributed by atoms with van der Waals surface area (Å²) in [6.45, 7) is 3.00. The van der Waals surface area contributed by atoms with Crippen molar-refractivity contribution < 1.29 is 14.3 Å². The van der Waals surface area contributed by atoms with Crippen LogP contribution in [0.4, 0.5) is 0 Å². The zero-order valence-electron chi connectivity index (χ0n) is 13.2. The fourth-order valence-corrected chi connectivity index (χ4v) is 3.74. The molecule has 124 valence electrons. The van der Waals surface area contributed by atoms with Crippen LogP contribution in [0.3, 0.4) is 0 Å². The van der Waals surface area contributed by atoms with Crippen LogP contribution in [0.15, 0.2) is 11.6 Å². The van der Waals surface area contributed by atoms with E-state index in [1.165, 1.54) is 11.3 Å². The number of thiazole rings is 1. The highest BCUT2D eigenvalue weighted by molar-refractivity contribution is 7.15. The maximum atomic E-state index is 12.2. The number of hydrogen-bond acceptors (Lipinski definition) is 5. The molecule has 2 aromatic rings. The maximum absolute atomic E-state index is 12.2. The van der Waals surface area contributed by atoms with Crippen LogP contribution in [0.1, 0.15) is 48.3 Å². The number of amides is 1. The van der Waals surface area contributed by atoms with Crippen molar-refractivity contribution >= 4 is 28.2 Å². The smallest absolute Gasteiger partial charge is 0.357 e. The molecule has 3 heterocycles. The van der Waals surface area contributed by atoms with Crippen molar-refractivity contribution in [2.75, 3.05) is 13.2 Å². The Bertz CT molecular complexity index is 707. The van der Waals surface area contributed by atoms with Gasteiger partial charge in [-0.25, -0.2) is 9.78 Å². The Hall–Kier alpha value is -1.89. The predicted octanol–water partition coefficient (Wildman–Crippen LogP) is 2.56. The topological polar surface area (TPSA) is 72.7 Å². The summed E-state index contributed by atoms with van der Waals surface area (Å²) in [6, 6.07) is 0. The van der Waals surface area contributed by atoms with Crippen molar-refractivity contribution in [1.29, 1.82) is 0 Å². The third-order valence-corrected chi connectivity index (χ3v) is 4.97. The molecule has 0 saturated carbocycles. The molecule has 1 saturated heterocycles. The van der Waals surface area contributed by atoms with Crippen LogP contribution in [-0.4, -0.2) is 34.4 Å². The van der Waals surface area contributed by atoms with Crippen molar-refractivity contribution in [2.24, 2.45) is 5.92 Å². The highest BCUT2D eigenvalue weighted by Gasteiger charge is 2.21. The Kier molecular flexibility index (Phi) is 4.95. The monoisotopic (exact) mass is 335 g/mol. The fraction of sp³-hybridized carbons (Fsp3) is 0.562. The number of ether oxygens (including phenoxy) is 1. The second kappa shape index (κ2) is 7.12. The van der Waals surface area contributed by atoms with Crippen molar-refractivity contribution in [3.8, 4) is 0 Å². The van der Waals surface area contributed by atoms with Crippen LogP contribution in [0.2, 0.25) is 0 Å². The average Bonchev–Trinajstić information content (AvgIpc) is 3.08. The van der Waals surface area contributed by atoms with Gasteiger partial charge in [-0.1, -0.05) is 0 Å². The summed E-state index contributed by atoms with van der Waals surface area (Å²) < 4.78 is 7.14.